The average molecular weight is 221 g/mol. The molecule has 0 bridgehead atoms. The lowest BCUT2D eigenvalue weighted by molar-refractivity contribution is -0.163. The highest BCUT2D eigenvalue weighted by Gasteiger charge is 2.34. The smallest absolute Gasteiger partial charge is 0.338 e. The van der Waals surface area contributed by atoms with Gasteiger partial charge >= 0.3 is 11.9 Å². The molecule has 0 aliphatic heterocycles. The van der Waals surface area contributed by atoms with Gasteiger partial charge in [-0.2, -0.15) is 0 Å². The molecule has 0 radical (unpaired) electrons. The fourth-order valence-corrected chi connectivity index (χ4v) is 0.992. The topological polar surface area (TPSA) is 141 Å². The second-order valence-corrected chi connectivity index (χ2v) is 3.33. The van der Waals surface area contributed by atoms with Crippen LogP contribution in [0.1, 0.15) is 19.3 Å². The largest absolute Gasteiger partial charge is 0.480 e. The van der Waals surface area contributed by atoms with Crippen molar-refractivity contribution in [3.05, 3.63) is 0 Å². The zero-order valence-electron chi connectivity index (χ0n) is 8.09. The van der Waals surface area contributed by atoms with Crippen LogP contribution >= 0.6 is 0 Å². The summed E-state index contributed by atoms with van der Waals surface area (Å²) in [5, 5.41) is 34.9. The summed E-state index contributed by atoms with van der Waals surface area (Å²) < 4.78 is 0. The first-order valence-corrected chi connectivity index (χ1v) is 4.38. The minimum absolute atomic E-state index is 0.0466. The lowest BCUT2D eigenvalue weighted by atomic mass is 9.96. The lowest BCUT2D eigenvalue weighted by Crippen LogP contribution is -2.42. The fraction of sp³-hybridized carbons (Fsp3) is 0.750. The van der Waals surface area contributed by atoms with Gasteiger partial charge in [0.25, 0.3) is 0 Å². The molecule has 0 heterocycles. The number of carbonyl (C=O) groups is 2. The van der Waals surface area contributed by atoms with Gasteiger partial charge in [0.05, 0.1) is 6.61 Å². The Morgan fingerprint density at radius 1 is 1.33 bits per heavy atom. The summed E-state index contributed by atoms with van der Waals surface area (Å²) in [4.78, 5) is 20.8. The van der Waals surface area contributed by atoms with Gasteiger partial charge < -0.3 is 26.2 Å². The van der Waals surface area contributed by atoms with Crippen LogP contribution in [0, 0.1) is 0 Å². The number of aliphatic hydroxyl groups is 2. The van der Waals surface area contributed by atoms with E-state index >= 15 is 0 Å². The van der Waals surface area contributed by atoms with Gasteiger partial charge in [0.2, 0.25) is 0 Å². The highest BCUT2D eigenvalue weighted by atomic mass is 16.4. The van der Waals surface area contributed by atoms with Gasteiger partial charge in [0.1, 0.15) is 6.04 Å². The summed E-state index contributed by atoms with van der Waals surface area (Å²) in [6.07, 6.45) is -0.0818. The summed E-state index contributed by atoms with van der Waals surface area (Å²) >= 11 is 0. The molecule has 6 N–H and O–H groups in total. The first-order valence-electron chi connectivity index (χ1n) is 4.38. The maximum atomic E-state index is 10.5. The quantitative estimate of drug-likeness (QED) is 0.347. The first kappa shape index (κ1) is 13.8. The van der Waals surface area contributed by atoms with Crippen molar-refractivity contribution in [2.75, 3.05) is 6.61 Å². The van der Waals surface area contributed by atoms with Crippen molar-refractivity contribution in [2.45, 2.75) is 30.9 Å². The molecule has 0 fully saturated rings. The van der Waals surface area contributed by atoms with E-state index in [0.717, 1.165) is 0 Å². The molecule has 0 aromatic heterocycles. The summed E-state index contributed by atoms with van der Waals surface area (Å²) in [7, 11) is 0. The molecule has 7 heteroatoms. The second-order valence-electron chi connectivity index (χ2n) is 3.33. The SMILES string of the molecule is NC(CCCC(O)(CO)C(=O)O)C(=O)O. The predicted molar refractivity (Wildman–Crippen MR) is 49.1 cm³/mol. The molecule has 2 unspecified atom stereocenters. The monoisotopic (exact) mass is 221 g/mol. The van der Waals surface area contributed by atoms with E-state index in [1.54, 1.807) is 0 Å². The Labute approximate surface area is 86.1 Å². The van der Waals surface area contributed by atoms with Gasteiger partial charge in [-0.3, -0.25) is 4.79 Å². The van der Waals surface area contributed by atoms with Crippen molar-refractivity contribution in [3.8, 4) is 0 Å². The Bertz CT molecular complexity index is 243. The van der Waals surface area contributed by atoms with Crippen LogP contribution in [0.2, 0.25) is 0 Å². The Kier molecular flexibility index (Phi) is 5.20. The number of aliphatic carboxylic acids is 2. The summed E-state index contributed by atoms with van der Waals surface area (Å²) in [6.45, 7) is -0.912. The van der Waals surface area contributed by atoms with E-state index in [1.807, 2.05) is 0 Å². The lowest BCUT2D eigenvalue weighted by Gasteiger charge is -2.20. The maximum Gasteiger partial charge on any atom is 0.338 e. The maximum absolute atomic E-state index is 10.5. The molecule has 2 atom stereocenters. The molecule has 0 rings (SSSR count). The van der Waals surface area contributed by atoms with Gasteiger partial charge in [0.15, 0.2) is 5.60 Å². The highest BCUT2D eigenvalue weighted by molar-refractivity contribution is 5.77. The molecule has 0 aromatic carbocycles. The van der Waals surface area contributed by atoms with E-state index in [9.17, 15) is 14.7 Å². The van der Waals surface area contributed by atoms with Crippen molar-refractivity contribution in [1.29, 1.82) is 0 Å². The molecule has 15 heavy (non-hydrogen) atoms. The Morgan fingerprint density at radius 2 is 1.87 bits per heavy atom. The minimum atomic E-state index is -2.21. The predicted octanol–water partition coefficient (Wildman–Crippen LogP) is -1.62. The van der Waals surface area contributed by atoms with E-state index in [4.69, 9.17) is 21.1 Å². The van der Waals surface area contributed by atoms with Crippen LogP contribution in [0.5, 0.6) is 0 Å². The molecule has 0 saturated carbocycles. The molecular formula is C8H15NO6. The van der Waals surface area contributed by atoms with Crippen molar-refractivity contribution in [3.63, 3.8) is 0 Å². The van der Waals surface area contributed by atoms with Gasteiger partial charge in [-0.15, -0.1) is 0 Å². The third-order valence-electron chi connectivity index (χ3n) is 2.08. The normalized spacial score (nSPS) is 16.7. The third kappa shape index (κ3) is 4.24. The van der Waals surface area contributed by atoms with Crippen LogP contribution in [0.3, 0.4) is 0 Å². The third-order valence-corrected chi connectivity index (χ3v) is 2.08. The van der Waals surface area contributed by atoms with E-state index in [1.165, 1.54) is 0 Å². The van der Waals surface area contributed by atoms with Crippen LogP contribution in [-0.2, 0) is 9.59 Å². The van der Waals surface area contributed by atoms with Crippen LogP contribution in [-0.4, -0.2) is 50.6 Å². The number of rotatable bonds is 7. The van der Waals surface area contributed by atoms with E-state index < -0.39 is 30.2 Å². The van der Waals surface area contributed by atoms with Crippen molar-refractivity contribution in [2.24, 2.45) is 5.73 Å². The minimum Gasteiger partial charge on any atom is -0.480 e. The molecule has 0 amide bonds. The number of hydrogen-bond acceptors (Lipinski definition) is 5. The molecule has 0 aromatic rings. The van der Waals surface area contributed by atoms with Gasteiger partial charge in [-0.25, -0.2) is 4.79 Å². The van der Waals surface area contributed by atoms with Crippen LogP contribution < -0.4 is 5.73 Å². The van der Waals surface area contributed by atoms with Crippen molar-refractivity contribution in [1.82, 2.24) is 0 Å². The summed E-state index contributed by atoms with van der Waals surface area (Å²) in [6, 6.07) is -1.08. The van der Waals surface area contributed by atoms with Gasteiger partial charge in [-0.05, 0) is 19.3 Å². The van der Waals surface area contributed by atoms with Crippen LogP contribution in [0.4, 0.5) is 0 Å². The van der Waals surface area contributed by atoms with Gasteiger partial charge in [0, 0.05) is 0 Å². The summed E-state index contributed by atoms with van der Waals surface area (Å²) in [5.74, 6) is -2.72. The Morgan fingerprint density at radius 3 is 2.20 bits per heavy atom. The number of aliphatic hydroxyl groups excluding tert-OH is 1. The zero-order valence-corrected chi connectivity index (χ0v) is 8.09. The molecular weight excluding hydrogens is 206 g/mol. The fourth-order valence-electron chi connectivity index (χ4n) is 0.992. The number of carboxylic acid groups (broad SMARTS) is 2. The Hall–Kier alpha value is -1.18. The number of nitrogens with two attached hydrogens (primary N) is 1. The van der Waals surface area contributed by atoms with Gasteiger partial charge in [-0.1, -0.05) is 0 Å². The number of carboxylic acids is 2. The molecule has 0 saturated heterocycles. The standard InChI is InChI=1S/C8H15NO6/c9-5(6(11)12)2-1-3-8(15,4-10)7(13)14/h5,10,15H,1-4,9H2,(H,11,12)(H,13,14). The second kappa shape index (κ2) is 5.64. The van der Waals surface area contributed by atoms with Crippen LogP contribution in [0.25, 0.3) is 0 Å². The molecule has 0 aliphatic carbocycles. The first-order chi connectivity index (χ1) is 6.83. The van der Waals surface area contributed by atoms with Crippen LogP contribution in [0.15, 0.2) is 0 Å². The van der Waals surface area contributed by atoms with E-state index in [0.29, 0.717) is 0 Å². The van der Waals surface area contributed by atoms with Crippen molar-refractivity contribution >= 4 is 11.9 Å². The van der Waals surface area contributed by atoms with Crippen molar-refractivity contribution < 1.29 is 30.0 Å². The summed E-state index contributed by atoms with van der Waals surface area (Å²) in [5.41, 5.74) is 2.96. The number of hydrogen-bond donors (Lipinski definition) is 5. The molecule has 88 valence electrons. The van der Waals surface area contributed by atoms with E-state index in [-0.39, 0.29) is 19.3 Å². The Balaban J connectivity index is 4.03. The molecule has 7 nitrogen and oxygen atoms in total. The zero-order chi connectivity index (χ0) is 12.1. The molecule has 0 aliphatic rings. The molecule has 0 spiro atoms. The highest BCUT2D eigenvalue weighted by Crippen LogP contribution is 2.14. The average Bonchev–Trinajstić information content (AvgIpc) is 2.16. The van der Waals surface area contributed by atoms with E-state index in [2.05, 4.69) is 0 Å².